The Morgan fingerprint density at radius 3 is 2.62 bits per heavy atom. The first-order valence-corrected chi connectivity index (χ1v) is 8.08. The largest absolute Gasteiger partial charge is 0.450 e. The van der Waals surface area contributed by atoms with Crippen LogP contribution in [0.4, 0.5) is 5.69 Å². The first-order valence-electron chi connectivity index (χ1n) is 7.67. The van der Waals surface area contributed by atoms with Crippen LogP contribution in [0.25, 0.3) is 0 Å². The Balaban J connectivity index is 1.88. The number of nitrogens with one attached hydrogen (secondary N) is 4. The summed E-state index contributed by atoms with van der Waals surface area (Å²) in [5, 5.41) is 3.37. The van der Waals surface area contributed by atoms with Crippen molar-refractivity contribution in [3.05, 3.63) is 53.0 Å². The molecule has 0 aliphatic heterocycles. The molecule has 1 heterocycles. The molecule has 1 aromatic heterocycles. The topological polar surface area (TPSA) is 70.7 Å². The molecule has 0 aliphatic carbocycles. The number of anilines is 1. The number of carbonyl (C=O) groups is 1. The number of aryl methyl sites for hydroxylation is 2. The van der Waals surface area contributed by atoms with Crippen LogP contribution in [0.15, 0.2) is 34.7 Å². The highest BCUT2D eigenvalue weighted by atomic mass is 32.1. The van der Waals surface area contributed by atoms with E-state index in [2.05, 4.69) is 16.2 Å². The van der Waals surface area contributed by atoms with Crippen molar-refractivity contribution >= 4 is 28.9 Å². The Morgan fingerprint density at radius 2 is 1.92 bits per heavy atom. The minimum Gasteiger partial charge on any atom is -0.450 e. The van der Waals surface area contributed by atoms with E-state index in [1.807, 2.05) is 46.1 Å². The molecule has 0 spiro atoms. The highest BCUT2D eigenvalue weighted by Gasteiger charge is 2.13. The smallest absolute Gasteiger partial charge is 0.305 e. The van der Waals surface area contributed by atoms with Gasteiger partial charge in [0, 0.05) is 5.69 Å². The summed E-state index contributed by atoms with van der Waals surface area (Å²) in [6.07, 6.45) is 0. The second-order valence-electron chi connectivity index (χ2n) is 6.00. The lowest BCUT2D eigenvalue weighted by molar-refractivity contribution is -0.873. The lowest BCUT2D eigenvalue weighted by Gasteiger charge is -2.13. The van der Waals surface area contributed by atoms with E-state index in [-0.39, 0.29) is 11.7 Å². The van der Waals surface area contributed by atoms with Crippen LogP contribution < -0.4 is 21.1 Å². The lowest BCUT2D eigenvalue weighted by Crippen LogP contribution is -3.04. The van der Waals surface area contributed by atoms with Crippen LogP contribution in [0, 0.1) is 13.8 Å². The Morgan fingerprint density at radius 1 is 1.17 bits per heavy atom. The van der Waals surface area contributed by atoms with Crippen molar-refractivity contribution in [3.8, 4) is 0 Å². The highest BCUT2D eigenvalue weighted by Crippen LogP contribution is 2.16. The molecule has 0 fully saturated rings. The van der Waals surface area contributed by atoms with Gasteiger partial charge in [0.05, 0.1) is 14.1 Å². The number of furan rings is 1. The zero-order chi connectivity index (χ0) is 17.7. The standard InChI is InChI=1S/C17H22N4O2S/c1-11-5-6-12(2)14(9-11)18-17(24)20-19-16(22)15-8-7-13(23-15)10-21(3)4/h5-9H,10H2,1-4H3,(H,19,22)(H2,18,20,24)/p+1. The van der Waals surface area contributed by atoms with Gasteiger partial charge in [0.25, 0.3) is 0 Å². The molecular formula is C17H23N4O2S+. The fourth-order valence-electron chi connectivity index (χ4n) is 2.14. The van der Waals surface area contributed by atoms with Crippen LogP contribution in [0.2, 0.25) is 0 Å². The number of carbonyl (C=O) groups excluding carboxylic acids is 1. The average Bonchev–Trinajstić information content (AvgIpc) is 2.96. The van der Waals surface area contributed by atoms with E-state index in [4.69, 9.17) is 16.6 Å². The SMILES string of the molecule is Cc1ccc(C)c(NC(=S)NNC(=O)c2ccc(C[NH+](C)C)o2)c1. The zero-order valence-corrected chi connectivity index (χ0v) is 15.1. The summed E-state index contributed by atoms with van der Waals surface area (Å²) >= 11 is 5.20. The number of thiocarbonyl (C=S) groups is 1. The molecule has 4 N–H and O–H groups in total. The van der Waals surface area contributed by atoms with Crippen molar-refractivity contribution in [3.63, 3.8) is 0 Å². The predicted molar refractivity (Wildman–Crippen MR) is 98.0 cm³/mol. The molecule has 7 heteroatoms. The number of rotatable bonds is 4. The Labute approximate surface area is 147 Å². The van der Waals surface area contributed by atoms with Gasteiger partial charge in [-0.05, 0) is 55.4 Å². The molecule has 1 aromatic carbocycles. The van der Waals surface area contributed by atoms with Crippen LogP contribution >= 0.6 is 12.2 Å². The summed E-state index contributed by atoms with van der Waals surface area (Å²) in [6.45, 7) is 4.71. The number of hydrogen-bond donors (Lipinski definition) is 4. The number of quaternary nitrogens is 1. The third-order valence-corrected chi connectivity index (χ3v) is 3.55. The number of amides is 1. The molecule has 0 saturated carbocycles. The summed E-state index contributed by atoms with van der Waals surface area (Å²) in [5.74, 6) is 0.629. The van der Waals surface area contributed by atoms with E-state index in [9.17, 15) is 4.79 Å². The second-order valence-corrected chi connectivity index (χ2v) is 6.41. The van der Waals surface area contributed by atoms with Crippen LogP contribution in [0.3, 0.4) is 0 Å². The van der Waals surface area contributed by atoms with Gasteiger partial charge < -0.3 is 14.6 Å². The molecule has 0 bridgehead atoms. The van der Waals surface area contributed by atoms with Gasteiger partial charge in [-0.25, -0.2) is 0 Å². The molecule has 24 heavy (non-hydrogen) atoms. The van der Waals surface area contributed by atoms with Gasteiger partial charge in [-0.3, -0.25) is 15.6 Å². The third kappa shape index (κ3) is 5.07. The lowest BCUT2D eigenvalue weighted by atomic mass is 10.1. The summed E-state index contributed by atoms with van der Waals surface area (Å²) in [5.41, 5.74) is 8.30. The maximum atomic E-state index is 12.1. The fraction of sp³-hybridized carbons (Fsp3) is 0.294. The number of hydrazine groups is 1. The minimum absolute atomic E-state index is 0.244. The van der Waals surface area contributed by atoms with E-state index in [0.717, 1.165) is 22.6 Å². The van der Waals surface area contributed by atoms with Gasteiger partial charge in [0.1, 0.15) is 6.54 Å². The number of benzene rings is 1. The monoisotopic (exact) mass is 347 g/mol. The van der Waals surface area contributed by atoms with E-state index >= 15 is 0 Å². The summed E-state index contributed by atoms with van der Waals surface area (Å²) in [6, 6.07) is 9.48. The van der Waals surface area contributed by atoms with Gasteiger partial charge in [-0.15, -0.1) is 0 Å². The zero-order valence-electron chi connectivity index (χ0n) is 14.3. The Kier molecular flexibility index (Phi) is 5.94. The third-order valence-electron chi connectivity index (χ3n) is 3.34. The molecule has 0 atom stereocenters. The normalized spacial score (nSPS) is 10.5. The fourth-order valence-corrected chi connectivity index (χ4v) is 2.30. The summed E-state index contributed by atoms with van der Waals surface area (Å²) in [4.78, 5) is 13.3. The van der Waals surface area contributed by atoms with Crippen molar-refractivity contribution in [2.75, 3.05) is 19.4 Å². The molecular weight excluding hydrogens is 324 g/mol. The van der Waals surface area contributed by atoms with Gasteiger partial charge in [-0.1, -0.05) is 12.1 Å². The van der Waals surface area contributed by atoms with Crippen molar-refractivity contribution < 1.29 is 14.1 Å². The van der Waals surface area contributed by atoms with Crippen LogP contribution in [0.5, 0.6) is 0 Å². The van der Waals surface area contributed by atoms with E-state index < -0.39 is 0 Å². The van der Waals surface area contributed by atoms with Gasteiger partial charge >= 0.3 is 5.91 Å². The average molecular weight is 347 g/mol. The van der Waals surface area contributed by atoms with Crippen LogP contribution in [-0.4, -0.2) is 25.1 Å². The molecule has 1 amide bonds. The first-order chi connectivity index (χ1) is 11.3. The molecule has 0 radical (unpaired) electrons. The first kappa shape index (κ1) is 18.0. The highest BCUT2D eigenvalue weighted by molar-refractivity contribution is 7.80. The van der Waals surface area contributed by atoms with Crippen molar-refractivity contribution in [1.82, 2.24) is 10.9 Å². The molecule has 0 aliphatic rings. The Hall–Kier alpha value is -2.38. The van der Waals surface area contributed by atoms with Crippen molar-refractivity contribution in [1.29, 1.82) is 0 Å². The van der Waals surface area contributed by atoms with Crippen molar-refractivity contribution in [2.24, 2.45) is 0 Å². The van der Waals surface area contributed by atoms with Crippen LogP contribution in [0.1, 0.15) is 27.4 Å². The molecule has 0 unspecified atom stereocenters. The summed E-state index contributed by atoms with van der Waals surface area (Å²) in [7, 11) is 4.03. The maximum absolute atomic E-state index is 12.1. The molecule has 2 rings (SSSR count). The van der Waals surface area contributed by atoms with E-state index in [1.165, 1.54) is 4.90 Å². The molecule has 128 valence electrons. The van der Waals surface area contributed by atoms with E-state index in [1.54, 1.807) is 12.1 Å². The molecule has 6 nitrogen and oxygen atoms in total. The minimum atomic E-state index is -0.375. The quantitative estimate of drug-likeness (QED) is 0.494. The maximum Gasteiger partial charge on any atom is 0.305 e. The Bertz CT molecular complexity index is 740. The van der Waals surface area contributed by atoms with Crippen molar-refractivity contribution in [2.45, 2.75) is 20.4 Å². The molecule has 0 saturated heterocycles. The number of hydrogen-bond acceptors (Lipinski definition) is 3. The van der Waals surface area contributed by atoms with E-state index in [0.29, 0.717) is 11.7 Å². The van der Waals surface area contributed by atoms with Gasteiger partial charge in [0.2, 0.25) is 0 Å². The summed E-state index contributed by atoms with van der Waals surface area (Å²) < 4.78 is 5.51. The van der Waals surface area contributed by atoms with Crippen LogP contribution in [-0.2, 0) is 6.54 Å². The predicted octanol–water partition coefficient (Wildman–Crippen LogP) is 1.17. The molecule has 2 aromatic rings. The van der Waals surface area contributed by atoms with Gasteiger partial charge in [0.15, 0.2) is 16.6 Å². The second kappa shape index (κ2) is 7.94. The van der Waals surface area contributed by atoms with Gasteiger partial charge in [-0.2, -0.15) is 0 Å².